The average Bonchev–Trinajstić information content (AvgIpc) is 3.37. The molecule has 0 amide bonds. The van der Waals surface area contributed by atoms with E-state index in [9.17, 15) is 0 Å². The van der Waals surface area contributed by atoms with Gasteiger partial charge in [-0.2, -0.15) is 5.10 Å². The van der Waals surface area contributed by atoms with E-state index >= 15 is 0 Å². The predicted octanol–water partition coefficient (Wildman–Crippen LogP) is 3.91. The quantitative estimate of drug-likeness (QED) is 0.686. The number of hydrogen-bond donors (Lipinski definition) is 0. The molecular weight excluding hydrogens is 364 g/mol. The Morgan fingerprint density at radius 2 is 1.96 bits per heavy atom. The van der Waals surface area contributed by atoms with Crippen LogP contribution in [0.3, 0.4) is 0 Å². The fourth-order valence-electron chi connectivity index (χ4n) is 3.63. The number of rotatable bonds is 3. The zero-order valence-corrected chi connectivity index (χ0v) is 15.3. The van der Waals surface area contributed by atoms with Crippen molar-refractivity contribution in [3.05, 3.63) is 59.2 Å². The molecule has 2 aliphatic rings. The molecule has 2 aliphatic heterocycles. The van der Waals surface area contributed by atoms with Crippen LogP contribution in [0.25, 0.3) is 11.3 Å². The molecule has 1 atom stereocenters. The van der Waals surface area contributed by atoms with E-state index < -0.39 is 0 Å². The molecule has 5 rings (SSSR count). The molecule has 0 radical (unpaired) electrons. The summed E-state index contributed by atoms with van der Waals surface area (Å²) in [7, 11) is 0. The van der Waals surface area contributed by atoms with E-state index in [4.69, 9.17) is 26.1 Å². The van der Waals surface area contributed by atoms with E-state index in [-0.39, 0.29) is 6.79 Å². The third-order valence-electron chi connectivity index (χ3n) is 5.03. The molecule has 136 valence electrons. The van der Waals surface area contributed by atoms with Gasteiger partial charge in [-0.1, -0.05) is 29.8 Å². The molecule has 6 nitrogen and oxygen atoms in total. The lowest BCUT2D eigenvalue weighted by atomic mass is 9.98. The summed E-state index contributed by atoms with van der Waals surface area (Å²) >= 11 is 6.37. The Kier molecular flexibility index (Phi) is 4.05. The Balaban J connectivity index is 1.39. The van der Waals surface area contributed by atoms with Crippen LogP contribution in [0.5, 0.6) is 11.5 Å². The van der Waals surface area contributed by atoms with Gasteiger partial charge in [-0.25, -0.2) is 4.98 Å². The summed E-state index contributed by atoms with van der Waals surface area (Å²) in [5, 5.41) is 9.23. The number of hydrogen-bond acceptors (Lipinski definition) is 6. The van der Waals surface area contributed by atoms with Gasteiger partial charge in [0.1, 0.15) is 0 Å². The van der Waals surface area contributed by atoms with Gasteiger partial charge in [0.25, 0.3) is 0 Å². The normalized spacial score (nSPS) is 18.1. The van der Waals surface area contributed by atoms with Gasteiger partial charge in [0.2, 0.25) is 12.7 Å². The highest BCUT2D eigenvalue weighted by molar-refractivity contribution is 6.31. The van der Waals surface area contributed by atoms with E-state index in [0.29, 0.717) is 11.9 Å². The van der Waals surface area contributed by atoms with Crippen molar-refractivity contribution >= 4 is 17.5 Å². The Morgan fingerprint density at radius 1 is 1.07 bits per heavy atom. The predicted molar refractivity (Wildman–Crippen MR) is 102 cm³/mol. The van der Waals surface area contributed by atoms with Gasteiger partial charge in [0.05, 0.1) is 11.9 Å². The van der Waals surface area contributed by atoms with Gasteiger partial charge in [-0.15, -0.1) is 5.10 Å². The standard InChI is InChI=1S/C20H17ClN4O2/c21-16-4-2-1-3-15(16)14-7-8-25(11-14)20-23-17(10-22-24-20)13-5-6-18-19(9-13)27-12-26-18/h1-6,9-10,14H,7-8,11-12H2/t14-/m1/s1. The van der Waals surface area contributed by atoms with Crippen LogP contribution in [0.4, 0.5) is 5.95 Å². The molecule has 7 heteroatoms. The first-order valence-electron chi connectivity index (χ1n) is 8.87. The Hall–Kier alpha value is -2.86. The number of anilines is 1. The summed E-state index contributed by atoms with van der Waals surface area (Å²) in [6.45, 7) is 1.96. The van der Waals surface area contributed by atoms with Crippen LogP contribution in [0, 0.1) is 0 Å². The van der Waals surface area contributed by atoms with E-state index in [2.05, 4.69) is 21.2 Å². The highest BCUT2D eigenvalue weighted by Gasteiger charge is 2.27. The molecule has 0 unspecified atom stereocenters. The van der Waals surface area contributed by atoms with Crippen molar-refractivity contribution in [2.24, 2.45) is 0 Å². The second kappa shape index (κ2) is 6.70. The lowest BCUT2D eigenvalue weighted by molar-refractivity contribution is 0.174. The Morgan fingerprint density at radius 3 is 2.89 bits per heavy atom. The average molecular weight is 381 g/mol. The number of benzene rings is 2. The van der Waals surface area contributed by atoms with Crippen molar-refractivity contribution in [3.63, 3.8) is 0 Å². The molecular formula is C20H17ClN4O2. The molecule has 2 aromatic carbocycles. The molecule has 3 heterocycles. The van der Waals surface area contributed by atoms with Crippen LogP contribution in [0.2, 0.25) is 5.02 Å². The largest absolute Gasteiger partial charge is 0.454 e. The smallest absolute Gasteiger partial charge is 0.245 e. The molecule has 3 aromatic rings. The maximum Gasteiger partial charge on any atom is 0.245 e. The second-order valence-corrected chi connectivity index (χ2v) is 7.07. The molecule has 1 saturated heterocycles. The minimum atomic E-state index is 0.253. The summed E-state index contributed by atoms with van der Waals surface area (Å²) in [4.78, 5) is 6.89. The van der Waals surface area contributed by atoms with Crippen molar-refractivity contribution in [1.82, 2.24) is 15.2 Å². The molecule has 27 heavy (non-hydrogen) atoms. The highest BCUT2D eigenvalue weighted by atomic mass is 35.5. The first-order valence-corrected chi connectivity index (χ1v) is 9.25. The monoisotopic (exact) mass is 380 g/mol. The van der Waals surface area contributed by atoms with Crippen molar-refractivity contribution in [3.8, 4) is 22.8 Å². The van der Waals surface area contributed by atoms with E-state index in [0.717, 1.165) is 47.3 Å². The van der Waals surface area contributed by atoms with Crippen LogP contribution in [-0.4, -0.2) is 35.1 Å². The van der Waals surface area contributed by atoms with E-state index in [1.165, 1.54) is 5.56 Å². The van der Waals surface area contributed by atoms with Gasteiger partial charge in [0, 0.05) is 29.6 Å². The Labute approximate surface area is 161 Å². The first kappa shape index (κ1) is 16.3. The summed E-state index contributed by atoms with van der Waals surface area (Å²) in [6, 6.07) is 13.8. The minimum absolute atomic E-state index is 0.253. The summed E-state index contributed by atoms with van der Waals surface area (Å²) in [5.41, 5.74) is 2.87. The number of aromatic nitrogens is 3. The zero-order valence-electron chi connectivity index (χ0n) is 14.5. The van der Waals surface area contributed by atoms with Gasteiger partial charge < -0.3 is 14.4 Å². The third kappa shape index (κ3) is 3.06. The maximum absolute atomic E-state index is 6.37. The number of fused-ring (bicyclic) bond motifs is 1. The SMILES string of the molecule is Clc1ccccc1[C@@H]1CCN(c2nncc(-c3ccc4c(c3)OCO4)n2)C1. The molecule has 0 N–H and O–H groups in total. The van der Waals surface area contributed by atoms with Gasteiger partial charge in [-0.3, -0.25) is 0 Å². The molecule has 0 saturated carbocycles. The van der Waals surface area contributed by atoms with Crippen LogP contribution >= 0.6 is 11.6 Å². The number of halogens is 1. The second-order valence-electron chi connectivity index (χ2n) is 6.66. The molecule has 0 aliphatic carbocycles. The summed E-state index contributed by atoms with van der Waals surface area (Å²) in [6.07, 6.45) is 2.68. The maximum atomic E-state index is 6.37. The van der Waals surface area contributed by atoms with Crippen molar-refractivity contribution in [2.75, 3.05) is 24.8 Å². The van der Waals surface area contributed by atoms with Crippen molar-refractivity contribution in [2.45, 2.75) is 12.3 Å². The molecule has 0 spiro atoms. The minimum Gasteiger partial charge on any atom is -0.454 e. The van der Waals surface area contributed by atoms with Crippen LogP contribution in [0.1, 0.15) is 17.9 Å². The highest BCUT2D eigenvalue weighted by Crippen LogP contribution is 2.36. The van der Waals surface area contributed by atoms with Crippen LogP contribution in [-0.2, 0) is 0 Å². The van der Waals surface area contributed by atoms with Crippen LogP contribution < -0.4 is 14.4 Å². The fourth-order valence-corrected chi connectivity index (χ4v) is 3.92. The molecule has 0 bridgehead atoms. The van der Waals surface area contributed by atoms with E-state index in [1.807, 2.05) is 36.4 Å². The Bertz CT molecular complexity index is 997. The van der Waals surface area contributed by atoms with E-state index in [1.54, 1.807) is 6.20 Å². The number of ether oxygens (including phenoxy) is 2. The first-order chi connectivity index (χ1) is 13.3. The fraction of sp³-hybridized carbons (Fsp3) is 0.250. The lowest BCUT2D eigenvalue weighted by Gasteiger charge is -2.17. The van der Waals surface area contributed by atoms with Gasteiger partial charge in [0.15, 0.2) is 11.5 Å². The zero-order chi connectivity index (χ0) is 18.2. The topological polar surface area (TPSA) is 60.4 Å². The number of nitrogens with zero attached hydrogens (tertiary/aromatic N) is 4. The van der Waals surface area contributed by atoms with Crippen molar-refractivity contribution < 1.29 is 9.47 Å². The summed E-state index contributed by atoms with van der Waals surface area (Å²) in [5.74, 6) is 2.49. The molecule has 1 aromatic heterocycles. The molecule has 1 fully saturated rings. The van der Waals surface area contributed by atoms with Gasteiger partial charge in [-0.05, 0) is 36.2 Å². The van der Waals surface area contributed by atoms with Crippen molar-refractivity contribution in [1.29, 1.82) is 0 Å². The summed E-state index contributed by atoms with van der Waals surface area (Å²) < 4.78 is 10.8. The lowest BCUT2D eigenvalue weighted by Crippen LogP contribution is -2.22. The van der Waals surface area contributed by atoms with Gasteiger partial charge >= 0.3 is 0 Å². The third-order valence-corrected chi connectivity index (χ3v) is 5.38. The van der Waals surface area contributed by atoms with Crippen LogP contribution in [0.15, 0.2) is 48.7 Å².